The van der Waals surface area contributed by atoms with E-state index in [0.29, 0.717) is 5.69 Å². The predicted molar refractivity (Wildman–Crippen MR) is 83.6 cm³/mol. The Labute approximate surface area is 131 Å². The molecule has 0 unspecified atom stereocenters. The van der Waals surface area contributed by atoms with Gasteiger partial charge in [-0.25, -0.2) is 15.0 Å². The summed E-state index contributed by atoms with van der Waals surface area (Å²) in [6.07, 6.45) is 3.50. The summed E-state index contributed by atoms with van der Waals surface area (Å²) in [4.78, 5) is 28.7. The fraction of sp³-hybridized carbons (Fsp3) is 0.385. The number of hydrogen-bond donors (Lipinski definition) is 0. The molecule has 3 rings (SSSR count). The van der Waals surface area contributed by atoms with Gasteiger partial charge in [-0.05, 0) is 6.07 Å². The molecule has 0 amide bonds. The molecule has 110 valence electrons. The van der Waals surface area contributed by atoms with Crippen molar-refractivity contribution in [2.24, 2.45) is 0 Å². The molecular weight excluding hydrogens is 310 g/mol. The number of aromatic nitrogens is 3. The average molecular weight is 324 g/mol. The molecule has 1 saturated heterocycles. The lowest BCUT2D eigenvalue weighted by molar-refractivity contribution is 0.101. The highest BCUT2D eigenvalue weighted by Gasteiger charge is 2.21. The van der Waals surface area contributed by atoms with Crippen molar-refractivity contribution < 1.29 is 4.79 Å². The lowest BCUT2D eigenvalue weighted by Gasteiger charge is -2.34. The fourth-order valence-corrected chi connectivity index (χ4v) is 3.18. The molecule has 1 fully saturated rings. The van der Waals surface area contributed by atoms with E-state index in [1.54, 1.807) is 17.8 Å². The molecular formula is C13H14ClN5OS. The maximum absolute atomic E-state index is 11.5. The first-order chi connectivity index (χ1) is 10.3. The van der Waals surface area contributed by atoms with E-state index in [1.807, 2.05) is 6.07 Å². The van der Waals surface area contributed by atoms with Crippen molar-refractivity contribution in [1.82, 2.24) is 15.0 Å². The molecule has 0 N–H and O–H groups in total. The van der Waals surface area contributed by atoms with Crippen LogP contribution in [-0.2, 0) is 0 Å². The third-order valence-corrected chi connectivity index (χ3v) is 4.43. The van der Waals surface area contributed by atoms with E-state index >= 15 is 0 Å². The zero-order valence-corrected chi connectivity index (χ0v) is 12.8. The van der Waals surface area contributed by atoms with E-state index in [9.17, 15) is 4.79 Å². The van der Waals surface area contributed by atoms with E-state index in [4.69, 9.17) is 11.6 Å². The molecule has 0 spiro atoms. The molecule has 0 atom stereocenters. The van der Waals surface area contributed by atoms with Crippen LogP contribution in [0.3, 0.4) is 0 Å². The van der Waals surface area contributed by atoms with Gasteiger partial charge in [-0.3, -0.25) is 4.79 Å². The Morgan fingerprint density at radius 3 is 2.52 bits per heavy atom. The molecule has 0 bridgehead atoms. The van der Waals surface area contributed by atoms with Crippen molar-refractivity contribution in [1.29, 1.82) is 0 Å². The minimum atomic E-state index is -0.129. The second-order valence-corrected chi connectivity index (χ2v) is 5.70. The third kappa shape index (κ3) is 3.14. The van der Waals surface area contributed by atoms with Crippen molar-refractivity contribution in [3.05, 3.63) is 29.5 Å². The first-order valence-corrected chi connectivity index (χ1v) is 8.01. The molecule has 1 aliphatic heterocycles. The van der Waals surface area contributed by atoms with Crippen LogP contribution in [0.2, 0.25) is 0 Å². The van der Waals surface area contributed by atoms with Gasteiger partial charge >= 0.3 is 0 Å². The lowest BCUT2D eigenvalue weighted by atomic mass is 10.3. The molecule has 8 heteroatoms. The van der Waals surface area contributed by atoms with Gasteiger partial charge in [0, 0.05) is 44.0 Å². The predicted octanol–water partition coefficient (Wildman–Crippen LogP) is 1.68. The van der Waals surface area contributed by atoms with Gasteiger partial charge in [-0.1, -0.05) is 0 Å². The van der Waals surface area contributed by atoms with Gasteiger partial charge < -0.3 is 9.80 Å². The van der Waals surface area contributed by atoms with Crippen LogP contribution in [0.1, 0.15) is 10.5 Å². The summed E-state index contributed by atoms with van der Waals surface area (Å²) in [6.45, 7) is 3.34. The number of rotatable bonds is 4. The normalized spacial score (nSPS) is 15.3. The summed E-state index contributed by atoms with van der Waals surface area (Å²) >= 11 is 7.03. The number of nitrogens with zero attached hydrogens (tertiary/aromatic N) is 5. The second kappa shape index (κ2) is 6.36. The van der Waals surface area contributed by atoms with Gasteiger partial charge in [0.1, 0.15) is 5.69 Å². The molecule has 0 aliphatic carbocycles. The topological polar surface area (TPSA) is 62.2 Å². The number of hydrogen-bond acceptors (Lipinski definition) is 7. The lowest BCUT2D eigenvalue weighted by Crippen LogP contribution is -2.47. The van der Waals surface area contributed by atoms with Crippen LogP contribution in [0.15, 0.2) is 23.8 Å². The van der Waals surface area contributed by atoms with E-state index in [1.165, 1.54) is 11.3 Å². The number of halogens is 1. The summed E-state index contributed by atoms with van der Waals surface area (Å²) in [5.74, 6) is 0.604. The standard InChI is InChI=1S/C13H14ClN5OS/c14-8-11(20)10-9-21-13(17-10)19-6-4-18(5-7-19)12-15-2-1-3-16-12/h1-3,9H,4-8H2. The quantitative estimate of drug-likeness (QED) is 0.630. The summed E-state index contributed by atoms with van der Waals surface area (Å²) in [5, 5.41) is 2.64. The van der Waals surface area contributed by atoms with Crippen LogP contribution < -0.4 is 9.80 Å². The maximum atomic E-state index is 11.5. The van der Waals surface area contributed by atoms with Crippen molar-refractivity contribution in [2.75, 3.05) is 41.9 Å². The van der Waals surface area contributed by atoms with Crippen molar-refractivity contribution in [3.63, 3.8) is 0 Å². The number of carbonyl (C=O) groups is 1. The largest absolute Gasteiger partial charge is 0.345 e. The number of anilines is 2. The van der Waals surface area contributed by atoms with Crippen molar-refractivity contribution in [3.8, 4) is 0 Å². The highest BCUT2D eigenvalue weighted by Crippen LogP contribution is 2.23. The summed E-state index contributed by atoms with van der Waals surface area (Å²) in [5.41, 5.74) is 0.457. The Morgan fingerprint density at radius 1 is 1.19 bits per heavy atom. The van der Waals surface area contributed by atoms with Gasteiger partial charge in [0.2, 0.25) is 5.95 Å². The number of piperazine rings is 1. The molecule has 0 saturated carbocycles. The zero-order chi connectivity index (χ0) is 14.7. The van der Waals surface area contributed by atoms with Gasteiger partial charge in [0.05, 0.1) is 5.88 Å². The molecule has 1 aliphatic rings. The highest BCUT2D eigenvalue weighted by molar-refractivity contribution is 7.14. The van der Waals surface area contributed by atoms with Crippen molar-refractivity contribution in [2.45, 2.75) is 0 Å². The smallest absolute Gasteiger partial charge is 0.225 e. The van der Waals surface area contributed by atoms with Gasteiger partial charge in [-0.2, -0.15) is 0 Å². The minimum Gasteiger partial charge on any atom is -0.345 e. The highest BCUT2D eigenvalue weighted by atomic mass is 35.5. The SMILES string of the molecule is O=C(CCl)c1csc(N2CCN(c3ncccn3)CC2)n1. The molecule has 0 aromatic carbocycles. The molecule has 0 radical (unpaired) electrons. The van der Waals surface area contributed by atoms with Crippen LogP contribution in [-0.4, -0.2) is 52.8 Å². The molecule has 2 aromatic heterocycles. The minimum absolute atomic E-state index is 0.0255. The zero-order valence-electron chi connectivity index (χ0n) is 11.3. The Morgan fingerprint density at radius 2 is 1.86 bits per heavy atom. The number of Topliss-reactive ketones (excluding diaryl/α,β-unsaturated/α-hetero) is 1. The van der Waals surface area contributed by atoms with Gasteiger partial charge in [0.15, 0.2) is 10.9 Å². The van der Waals surface area contributed by atoms with E-state index in [2.05, 4.69) is 24.8 Å². The van der Waals surface area contributed by atoms with Crippen LogP contribution in [0, 0.1) is 0 Å². The molecule has 21 heavy (non-hydrogen) atoms. The number of thiazole rings is 1. The van der Waals surface area contributed by atoms with Crippen LogP contribution in [0.4, 0.5) is 11.1 Å². The van der Waals surface area contributed by atoms with Crippen molar-refractivity contribution >= 4 is 39.8 Å². The monoisotopic (exact) mass is 323 g/mol. The maximum Gasteiger partial charge on any atom is 0.225 e. The Kier molecular flexibility index (Phi) is 4.31. The molecule has 3 heterocycles. The Bertz CT molecular complexity index is 612. The number of alkyl halides is 1. The van der Waals surface area contributed by atoms with Crippen LogP contribution in [0.25, 0.3) is 0 Å². The number of ketones is 1. The van der Waals surface area contributed by atoms with Crippen LogP contribution in [0.5, 0.6) is 0 Å². The van der Waals surface area contributed by atoms with E-state index in [-0.39, 0.29) is 11.7 Å². The van der Waals surface area contributed by atoms with Gasteiger partial charge in [0.25, 0.3) is 0 Å². The fourth-order valence-electron chi connectivity index (χ4n) is 2.16. The first-order valence-electron chi connectivity index (χ1n) is 6.59. The average Bonchev–Trinajstić information content (AvgIpc) is 3.05. The Hall–Kier alpha value is -1.73. The summed E-state index contributed by atoms with van der Waals surface area (Å²) < 4.78 is 0. The first kappa shape index (κ1) is 14.2. The van der Waals surface area contributed by atoms with Gasteiger partial charge in [-0.15, -0.1) is 22.9 Å². The molecule has 2 aromatic rings. The third-order valence-electron chi connectivity index (χ3n) is 3.28. The van der Waals surface area contributed by atoms with E-state index in [0.717, 1.165) is 37.3 Å². The van der Waals surface area contributed by atoms with E-state index < -0.39 is 0 Å². The second-order valence-electron chi connectivity index (χ2n) is 4.60. The van der Waals surface area contributed by atoms with Crippen LogP contribution >= 0.6 is 22.9 Å². The summed E-state index contributed by atoms with van der Waals surface area (Å²) in [7, 11) is 0. The molecule has 6 nitrogen and oxygen atoms in total. The Balaban J connectivity index is 1.63. The number of carbonyl (C=O) groups excluding carboxylic acids is 1. The summed E-state index contributed by atoms with van der Waals surface area (Å²) in [6, 6.07) is 1.81.